The molecule has 1 unspecified atom stereocenters. The third kappa shape index (κ3) is 1.47. The summed E-state index contributed by atoms with van der Waals surface area (Å²) in [7, 11) is 1.79. The van der Waals surface area contributed by atoms with Gasteiger partial charge in [-0.3, -0.25) is 4.40 Å². The van der Waals surface area contributed by atoms with Gasteiger partial charge in [-0.1, -0.05) is 0 Å². The van der Waals surface area contributed by atoms with Crippen LogP contribution in [0.1, 0.15) is 11.9 Å². The number of aliphatic hydroxyl groups excluding tert-OH is 1. The van der Waals surface area contributed by atoms with Crippen LogP contribution in [-0.4, -0.2) is 33.1 Å². The molecule has 2 heterocycles. The fourth-order valence-electron chi connectivity index (χ4n) is 1.41. The number of nitrogens with zero attached hydrogens (tertiary/aromatic N) is 3. The summed E-state index contributed by atoms with van der Waals surface area (Å²) < 4.78 is 1.78. The predicted molar refractivity (Wildman–Crippen MR) is 51.9 cm³/mol. The minimum absolute atomic E-state index is 0.476. The van der Waals surface area contributed by atoms with Crippen molar-refractivity contribution in [3.05, 3.63) is 30.5 Å². The van der Waals surface area contributed by atoms with Gasteiger partial charge in [0.2, 0.25) is 0 Å². The lowest BCUT2D eigenvalue weighted by molar-refractivity contribution is 0.166. The van der Waals surface area contributed by atoms with E-state index in [0.717, 1.165) is 5.65 Å². The van der Waals surface area contributed by atoms with Crippen LogP contribution in [0.2, 0.25) is 0 Å². The Hall–Kier alpha value is -1.46. The molecule has 2 aromatic heterocycles. The molecule has 14 heavy (non-hydrogen) atoms. The summed E-state index contributed by atoms with van der Waals surface area (Å²) in [5.74, 6) is 0.606. The molecule has 74 valence electrons. The maximum absolute atomic E-state index is 9.76. The fourth-order valence-corrected chi connectivity index (χ4v) is 1.41. The fraction of sp³-hybridized carbons (Fsp3) is 0.333. The maximum Gasteiger partial charge on any atom is 0.144 e. The highest BCUT2D eigenvalue weighted by Gasteiger charge is 2.11. The summed E-state index contributed by atoms with van der Waals surface area (Å²) in [4.78, 5) is 8.24. The van der Waals surface area contributed by atoms with Gasteiger partial charge >= 0.3 is 0 Å². The molecule has 0 aliphatic carbocycles. The van der Waals surface area contributed by atoms with Gasteiger partial charge in [0, 0.05) is 25.1 Å². The topological polar surface area (TPSA) is 62.5 Å². The van der Waals surface area contributed by atoms with E-state index in [2.05, 4.69) is 15.3 Å². The molecule has 0 amide bonds. The normalized spacial score (nSPS) is 13.3. The number of imidazole rings is 1. The Kier molecular flexibility index (Phi) is 2.43. The summed E-state index contributed by atoms with van der Waals surface area (Å²) in [6.07, 6.45) is 4.51. The van der Waals surface area contributed by atoms with Gasteiger partial charge in [-0.25, -0.2) is 9.97 Å². The number of likely N-dealkylation sites (N-methyl/N-ethyl adjacent to an activating group) is 1. The molecule has 5 nitrogen and oxygen atoms in total. The number of hydrogen-bond acceptors (Lipinski definition) is 4. The van der Waals surface area contributed by atoms with Crippen molar-refractivity contribution in [2.45, 2.75) is 6.10 Å². The van der Waals surface area contributed by atoms with E-state index in [0.29, 0.717) is 12.4 Å². The molecular weight excluding hydrogens is 180 g/mol. The minimum Gasteiger partial charge on any atom is -0.384 e. The first kappa shape index (κ1) is 9.11. The van der Waals surface area contributed by atoms with Crippen molar-refractivity contribution < 1.29 is 5.11 Å². The first-order chi connectivity index (χ1) is 6.83. The zero-order valence-corrected chi connectivity index (χ0v) is 7.88. The summed E-state index contributed by atoms with van der Waals surface area (Å²) in [5, 5.41) is 12.7. The number of aliphatic hydroxyl groups is 1. The Bertz CT molecular complexity index is 425. The molecule has 2 aromatic rings. The molecular formula is C9H12N4O. The molecule has 0 bridgehead atoms. The van der Waals surface area contributed by atoms with E-state index in [4.69, 9.17) is 0 Å². The Morgan fingerprint density at radius 2 is 2.36 bits per heavy atom. The Morgan fingerprint density at radius 3 is 3.14 bits per heavy atom. The van der Waals surface area contributed by atoms with Crippen molar-refractivity contribution in [1.29, 1.82) is 0 Å². The van der Waals surface area contributed by atoms with E-state index in [1.807, 2.05) is 0 Å². The monoisotopic (exact) mass is 192 g/mol. The number of nitrogens with one attached hydrogen (secondary N) is 1. The SMILES string of the molecule is CNCC(O)c1nccc2nccn12. The summed E-state index contributed by atoms with van der Waals surface area (Å²) in [6, 6.07) is 1.80. The maximum atomic E-state index is 9.76. The molecule has 0 saturated carbocycles. The van der Waals surface area contributed by atoms with Crippen LogP contribution in [0.5, 0.6) is 0 Å². The van der Waals surface area contributed by atoms with Gasteiger partial charge in [0.1, 0.15) is 17.6 Å². The second-order valence-electron chi connectivity index (χ2n) is 3.03. The van der Waals surface area contributed by atoms with Gasteiger partial charge in [-0.05, 0) is 13.1 Å². The van der Waals surface area contributed by atoms with Gasteiger partial charge in [0.15, 0.2) is 0 Å². The molecule has 0 fully saturated rings. The van der Waals surface area contributed by atoms with E-state index in [1.165, 1.54) is 0 Å². The molecule has 0 aliphatic heterocycles. The largest absolute Gasteiger partial charge is 0.384 e. The van der Waals surface area contributed by atoms with Crippen molar-refractivity contribution in [3.8, 4) is 0 Å². The number of aromatic nitrogens is 3. The average Bonchev–Trinajstić information content (AvgIpc) is 2.65. The van der Waals surface area contributed by atoms with Crippen molar-refractivity contribution in [3.63, 3.8) is 0 Å². The molecule has 0 spiro atoms. The van der Waals surface area contributed by atoms with Crippen LogP contribution in [0.3, 0.4) is 0 Å². The highest BCUT2D eigenvalue weighted by Crippen LogP contribution is 2.10. The van der Waals surface area contributed by atoms with Crippen LogP contribution in [0.25, 0.3) is 5.65 Å². The second-order valence-corrected chi connectivity index (χ2v) is 3.03. The lowest BCUT2D eigenvalue weighted by Gasteiger charge is -2.10. The van der Waals surface area contributed by atoms with E-state index >= 15 is 0 Å². The van der Waals surface area contributed by atoms with E-state index < -0.39 is 6.10 Å². The highest BCUT2D eigenvalue weighted by atomic mass is 16.3. The van der Waals surface area contributed by atoms with Crippen molar-refractivity contribution >= 4 is 5.65 Å². The molecule has 1 atom stereocenters. The summed E-state index contributed by atoms with van der Waals surface area (Å²) >= 11 is 0. The third-order valence-electron chi connectivity index (χ3n) is 2.04. The third-order valence-corrected chi connectivity index (χ3v) is 2.04. The van der Waals surface area contributed by atoms with Gasteiger partial charge in [0.25, 0.3) is 0 Å². The standard InChI is InChI=1S/C9H12N4O/c1-10-6-7(14)9-12-3-2-8-11-4-5-13(8)9/h2-5,7,10,14H,6H2,1H3. The van der Waals surface area contributed by atoms with Crippen LogP contribution in [-0.2, 0) is 0 Å². The molecule has 0 radical (unpaired) electrons. The van der Waals surface area contributed by atoms with Gasteiger partial charge < -0.3 is 10.4 Å². The van der Waals surface area contributed by atoms with Gasteiger partial charge in [-0.2, -0.15) is 0 Å². The lowest BCUT2D eigenvalue weighted by Crippen LogP contribution is -2.19. The lowest BCUT2D eigenvalue weighted by atomic mass is 10.3. The average molecular weight is 192 g/mol. The van der Waals surface area contributed by atoms with Crippen molar-refractivity contribution in [2.24, 2.45) is 0 Å². The van der Waals surface area contributed by atoms with Crippen molar-refractivity contribution in [2.75, 3.05) is 13.6 Å². The quantitative estimate of drug-likeness (QED) is 0.717. The molecule has 0 aliphatic rings. The summed E-state index contributed by atoms with van der Waals surface area (Å²) in [5.41, 5.74) is 0.796. The first-order valence-electron chi connectivity index (χ1n) is 4.43. The van der Waals surface area contributed by atoms with Crippen LogP contribution in [0, 0.1) is 0 Å². The van der Waals surface area contributed by atoms with Crippen LogP contribution >= 0.6 is 0 Å². The van der Waals surface area contributed by atoms with Crippen LogP contribution in [0.15, 0.2) is 24.7 Å². The van der Waals surface area contributed by atoms with E-state index in [-0.39, 0.29) is 0 Å². The highest BCUT2D eigenvalue weighted by molar-refractivity contribution is 5.37. The van der Waals surface area contributed by atoms with Crippen LogP contribution in [0.4, 0.5) is 0 Å². The Morgan fingerprint density at radius 1 is 1.50 bits per heavy atom. The number of hydrogen-bond donors (Lipinski definition) is 2. The molecule has 2 N–H and O–H groups in total. The number of rotatable bonds is 3. The first-order valence-corrected chi connectivity index (χ1v) is 4.43. The van der Waals surface area contributed by atoms with Gasteiger partial charge in [-0.15, -0.1) is 0 Å². The molecule has 5 heteroatoms. The zero-order chi connectivity index (χ0) is 9.97. The second kappa shape index (κ2) is 3.73. The number of fused-ring (bicyclic) bond motifs is 1. The zero-order valence-electron chi connectivity index (χ0n) is 7.88. The van der Waals surface area contributed by atoms with E-state index in [1.54, 1.807) is 36.1 Å². The van der Waals surface area contributed by atoms with E-state index in [9.17, 15) is 5.11 Å². The van der Waals surface area contributed by atoms with Crippen molar-refractivity contribution in [1.82, 2.24) is 19.7 Å². The predicted octanol–water partition coefficient (Wildman–Crippen LogP) is -0.0179. The smallest absolute Gasteiger partial charge is 0.144 e. The molecule has 0 aromatic carbocycles. The molecule has 2 rings (SSSR count). The summed E-state index contributed by atoms with van der Waals surface area (Å²) in [6.45, 7) is 0.476. The van der Waals surface area contributed by atoms with Crippen LogP contribution < -0.4 is 5.32 Å². The van der Waals surface area contributed by atoms with Gasteiger partial charge in [0.05, 0.1) is 0 Å². The Balaban J connectivity index is 2.45. The molecule has 0 saturated heterocycles. The minimum atomic E-state index is -0.613. The Labute approximate surface area is 81.4 Å².